The summed E-state index contributed by atoms with van der Waals surface area (Å²) in [4.78, 5) is 0. The van der Waals surface area contributed by atoms with Crippen molar-refractivity contribution in [3.05, 3.63) is 35.4 Å². The maximum absolute atomic E-state index is 5.52. The second-order valence-electron chi connectivity index (χ2n) is 8.56. The lowest BCUT2D eigenvalue weighted by atomic mass is 9.48. The Morgan fingerprint density at radius 3 is 2.16 bits per heavy atom. The fourth-order valence-electron chi connectivity index (χ4n) is 6.10. The molecule has 0 atom stereocenters. The van der Waals surface area contributed by atoms with E-state index >= 15 is 0 Å². The number of thiocarbonyl (C=S) groups is 1. The Morgan fingerprint density at radius 1 is 1.12 bits per heavy atom. The van der Waals surface area contributed by atoms with Crippen molar-refractivity contribution in [2.45, 2.75) is 63.7 Å². The molecule has 4 fully saturated rings. The largest absolute Gasteiger partial charge is 0.375 e. The van der Waals surface area contributed by atoms with Crippen molar-refractivity contribution in [1.29, 1.82) is 0 Å². The zero-order chi connectivity index (χ0) is 17.4. The predicted molar refractivity (Wildman–Crippen MR) is 108 cm³/mol. The highest BCUT2D eigenvalue weighted by atomic mass is 32.1. The summed E-state index contributed by atoms with van der Waals surface area (Å²) in [5, 5.41) is 4.63. The van der Waals surface area contributed by atoms with Crippen LogP contribution < -0.4 is 11.2 Å². The molecule has 1 aromatic rings. The van der Waals surface area contributed by atoms with Crippen LogP contribution in [-0.4, -0.2) is 10.8 Å². The average molecular weight is 356 g/mol. The highest BCUT2D eigenvalue weighted by Gasteiger charge is 2.51. The molecular formula is C21H29N3S. The van der Waals surface area contributed by atoms with E-state index in [0.29, 0.717) is 5.41 Å². The third-order valence-corrected chi connectivity index (χ3v) is 6.75. The van der Waals surface area contributed by atoms with Crippen molar-refractivity contribution in [3.8, 4) is 0 Å². The van der Waals surface area contributed by atoms with E-state index in [0.717, 1.165) is 36.3 Å². The van der Waals surface area contributed by atoms with Gasteiger partial charge >= 0.3 is 0 Å². The van der Waals surface area contributed by atoms with E-state index in [-0.39, 0.29) is 5.11 Å². The van der Waals surface area contributed by atoms with E-state index in [4.69, 9.17) is 18.0 Å². The highest BCUT2D eigenvalue weighted by Crippen LogP contribution is 2.60. The molecule has 4 saturated carbocycles. The number of rotatable bonds is 5. The molecule has 4 heteroatoms. The average Bonchev–Trinajstić information content (AvgIpc) is 2.57. The van der Waals surface area contributed by atoms with E-state index < -0.39 is 0 Å². The van der Waals surface area contributed by atoms with Gasteiger partial charge in [-0.3, -0.25) is 5.43 Å². The molecule has 0 heterocycles. The number of nitrogens with one attached hydrogen (secondary N) is 1. The molecule has 0 amide bonds. The Labute approximate surface area is 156 Å². The second kappa shape index (κ2) is 6.71. The highest BCUT2D eigenvalue weighted by molar-refractivity contribution is 7.80. The molecule has 134 valence electrons. The Morgan fingerprint density at radius 2 is 1.68 bits per heavy atom. The first kappa shape index (κ1) is 17.0. The summed E-state index contributed by atoms with van der Waals surface area (Å²) < 4.78 is 0. The van der Waals surface area contributed by atoms with Gasteiger partial charge in [0.15, 0.2) is 5.11 Å². The molecule has 0 spiro atoms. The van der Waals surface area contributed by atoms with E-state index in [1.165, 1.54) is 44.1 Å². The number of nitrogens with zero attached hydrogens (tertiary/aromatic N) is 1. The number of nitrogens with two attached hydrogens (primary N) is 1. The topological polar surface area (TPSA) is 50.4 Å². The summed E-state index contributed by atoms with van der Waals surface area (Å²) in [7, 11) is 0. The minimum absolute atomic E-state index is 0.221. The molecule has 4 bridgehead atoms. The summed E-state index contributed by atoms with van der Waals surface area (Å²) in [5.74, 6) is 2.95. The van der Waals surface area contributed by atoms with Crippen LogP contribution in [0.4, 0.5) is 0 Å². The number of hydrazone groups is 1. The van der Waals surface area contributed by atoms with Crippen molar-refractivity contribution in [1.82, 2.24) is 5.43 Å². The lowest BCUT2D eigenvalue weighted by Crippen LogP contribution is -2.48. The maximum atomic E-state index is 5.52. The van der Waals surface area contributed by atoms with Crippen LogP contribution in [0.3, 0.4) is 0 Å². The molecular weight excluding hydrogens is 326 g/mol. The zero-order valence-corrected chi connectivity index (χ0v) is 15.9. The standard InChI is InChI=1S/C21H29N3S/c1-2-3-19(23-24-20(22)25)17-4-6-18(7-5-17)21-11-14-8-15(12-21)10-16(9-14)13-21/h4-7,14-16H,2-3,8-13H2,1H3,(H3,22,24,25)/b23-19+. The first-order chi connectivity index (χ1) is 12.1. The molecule has 4 aliphatic carbocycles. The third-order valence-electron chi connectivity index (χ3n) is 6.66. The quantitative estimate of drug-likeness (QED) is 0.465. The van der Waals surface area contributed by atoms with Crippen LogP contribution in [0, 0.1) is 17.8 Å². The van der Waals surface area contributed by atoms with E-state index in [2.05, 4.69) is 41.7 Å². The molecule has 3 N–H and O–H groups in total. The van der Waals surface area contributed by atoms with Crippen LogP contribution >= 0.6 is 12.2 Å². The second-order valence-corrected chi connectivity index (χ2v) is 9.00. The van der Waals surface area contributed by atoms with Crippen molar-refractivity contribution < 1.29 is 0 Å². The van der Waals surface area contributed by atoms with Gasteiger partial charge in [0.25, 0.3) is 0 Å². The first-order valence-electron chi connectivity index (χ1n) is 9.81. The molecule has 25 heavy (non-hydrogen) atoms. The van der Waals surface area contributed by atoms with Gasteiger partial charge in [0.2, 0.25) is 0 Å². The van der Waals surface area contributed by atoms with Crippen molar-refractivity contribution in [2.75, 3.05) is 0 Å². The molecule has 1 aromatic carbocycles. The lowest BCUT2D eigenvalue weighted by molar-refractivity contribution is -0.00518. The van der Waals surface area contributed by atoms with Crippen LogP contribution in [-0.2, 0) is 5.41 Å². The molecule has 0 aliphatic heterocycles. The van der Waals surface area contributed by atoms with Crippen molar-refractivity contribution >= 4 is 23.0 Å². The van der Waals surface area contributed by atoms with Crippen LogP contribution in [0.2, 0.25) is 0 Å². The lowest BCUT2D eigenvalue weighted by Gasteiger charge is -2.57. The smallest absolute Gasteiger partial charge is 0.184 e. The predicted octanol–water partition coefficient (Wildman–Crippen LogP) is 4.49. The third kappa shape index (κ3) is 3.33. The van der Waals surface area contributed by atoms with Crippen molar-refractivity contribution in [3.63, 3.8) is 0 Å². The van der Waals surface area contributed by atoms with Gasteiger partial charge in [-0.25, -0.2) is 0 Å². The summed E-state index contributed by atoms with van der Waals surface area (Å²) in [5.41, 5.74) is 12.5. The Bertz CT molecular complexity index is 642. The molecule has 0 radical (unpaired) electrons. The van der Waals surface area contributed by atoms with Gasteiger partial charge in [0, 0.05) is 0 Å². The fraction of sp³-hybridized carbons (Fsp3) is 0.619. The molecule has 5 rings (SSSR count). The van der Waals surface area contributed by atoms with Crippen LogP contribution in [0.15, 0.2) is 29.4 Å². The number of hydrogen-bond donors (Lipinski definition) is 2. The molecule has 0 aromatic heterocycles. The zero-order valence-electron chi connectivity index (χ0n) is 15.1. The fourth-order valence-corrected chi connectivity index (χ4v) is 6.15. The Kier molecular flexibility index (Phi) is 4.57. The summed E-state index contributed by atoms with van der Waals surface area (Å²) in [6, 6.07) is 9.25. The van der Waals surface area contributed by atoms with Crippen LogP contribution in [0.25, 0.3) is 0 Å². The minimum Gasteiger partial charge on any atom is -0.375 e. The monoisotopic (exact) mass is 355 g/mol. The maximum Gasteiger partial charge on any atom is 0.184 e. The van der Waals surface area contributed by atoms with Gasteiger partial charge in [-0.05, 0) is 91.5 Å². The van der Waals surface area contributed by atoms with Gasteiger partial charge in [-0.2, -0.15) is 5.10 Å². The first-order valence-corrected chi connectivity index (χ1v) is 10.2. The minimum atomic E-state index is 0.221. The van der Waals surface area contributed by atoms with Gasteiger partial charge in [-0.15, -0.1) is 0 Å². The van der Waals surface area contributed by atoms with Crippen LogP contribution in [0.5, 0.6) is 0 Å². The van der Waals surface area contributed by atoms with E-state index in [1.54, 1.807) is 5.56 Å². The van der Waals surface area contributed by atoms with Gasteiger partial charge in [0.1, 0.15) is 0 Å². The van der Waals surface area contributed by atoms with Crippen molar-refractivity contribution in [2.24, 2.45) is 28.6 Å². The summed E-state index contributed by atoms with van der Waals surface area (Å²) >= 11 is 4.88. The van der Waals surface area contributed by atoms with Gasteiger partial charge in [-0.1, -0.05) is 37.6 Å². The van der Waals surface area contributed by atoms with Crippen LogP contribution in [0.1, 0.15) is 69.4 Å². The molecule has 4 aliphatic rings. The van der Waals surface area contributed by atoms with Gasteiger partial charge in [0.05, 0.1) is 5.71 Å². The van der Waals surface area contributed by atoms with E-state index in [9.17, 15) is 0 Å². The van der Waals surface area contributed by atoms with Gasteiger partial charge < -0.3 is 5.73 Å². The summed E-state index contributed by atoms with van der Waals surface area (Å²) in [6.45, 7) is 2.17. The molecule has 0 saturated heterocycles. The molecule has 0 unspecified atom stereocenters. The number of hydrogen-bond acceptors (Lipinski definition) is 2. The Balaban J connectivity index is 1.57. The Hall–Kier alpha value is -1.42. The number of benzene rings is 1. The summed E-state index contributed by atoms with van der Waals surface area (Å²) in [6.07, 6.45) is 10.7. The molecule has 3 nitrogen and oxygen atoms in total. The normalized spacial score (nSPS) is 33.5. The SMILES string of the molecule is CCC/C(=N\NC(N)=S)c1ccc(C23CC4CC(CC(C4)C2)C3)cc1. The van der Waals surface area contributed by atoms with E-state index in [1.807, 2.05) is 0 Å².